The number of likely N-dealkylation sites (tertiary alicyclic amines) is 1. The molecule has 3 N–H and O–H groups in total. The Balaban J connectivity index is 1.08. The smallest absolute Gasteiger partial charge is 0.329 e. The number of nitrogens with one attached hydrogen (secondary N) is 1. The number of nitrogens with zero attached hydrogens (tertiary/aromatic N) is 3. The van der Waals surface area contributed by atoms with Crippen LogP contribution in [0.15, 0.2) is 48.8 Å². The SMILES string of the molecule is O=C(N[C@H]1CC2(CC[C@H]3CC[C@@H](C(=O)N4CC(c5cccnc5)C4)N3C1=O)CC2)c1cc2cc(CP(=O)(O)O)ccc2s1. The highest BCUT2D eigenvalue weighted by Gasteiger charge is 2.53. The lowest BCUT2D eigenvalue weighted by Gasteiger charge is -2.43. The van der Waals surface area contributed by atoms with E-state index in [0.29, 0.717) is 36.4 Å². The van der Waals surface area contributed by atoms with Crippen molar-refractivity contribution in [2.45, 2.75) is 75.2 Å². The molecule has 43 heavy (non-hydrogen) atoms. The van der Waals surface area contributed by atoms with Crippen molar-refractivity contribution in [2.75, 3.05) is 13.1 Å². The van der Waals surface area contributed by atoms with E-state index in [0.717, 1.165) is 47.8 Å². The molecule has 0 radical (unpaired) electrons. The first kappa shape index (κ1) is 28.6. The molecule has 3 amide bonds. The lowest BCUT2D eigenvalue weighted by molar-refractivity contribution is -0.150. The third kappa shape index (κ3) is 5.76. The first-order valence-corrected chi connectivity index (χ1v) is 17.6. The fourth-order valence-electron chi connectivity index (χ4n) is 7.23. The normalized spacial score (nSPS) is 25.3. The quantitative estimate of drug-likeness (QED) is 0.353. The number of thiophene rings is 1. The first-order chi connectivity index (χ1) is 20.6. The summed E-state index contributed by atoms with van der Waals surface area (Å²) in [6, 6.07) is 9.57. The van der Waals surface area contributed by atoms with Crippen molar-refractivity contribution in [3.63, 3.8) is 0 Å². The van der Waals surface area contributed by atoms with Gasteiger partial charge in [0.1, 0.15) is 12.1 Å². The third-order valence-electron chi connectivity index (χ3n) is 9.79. The fraction of sp³-hybridized carbons (Fsp3) is 0.484. The molecule has 0 bridgehead atoms. The average molecular weight is 623 g/mol. The number of hydrogen-bond donors (Lipinski definition) is 3. The van der Waals surface area contributed by atoms with Gasteiger partial charge >= 0.3 is 7.60 Å². The van der Waals surface area contributed by atoms with Crippen LogP contribution in [-0.2, 0) is 20.3 Å². The minimum Gasteiger partial charge on any atom is -0.340 e. The van der Waals surface area contributed by atoms with Gasteiger partial charge in [-0.1, -0.05) is 12.1 Å². The van der Waals surface area contributed by atoms with Crippen molar-refractivity contribution in [2.24, 2.45) is 5.41 Å². The van der Waals surface area contributed by atoms with Crippen LogP contribution in [-0.4, -0.2) is 73.5 Å². The molecule has 1 aliphatic carbocycles. The van der Waals surface area contributed by atoms with Gasteiger partial charge < -0.3 is 24.9 Å². The maximum absolute atomic E-state index is 14.2. The van der Waals surface area contributed by atoms with Crippen LogP contribution in [0.25, 0.3) is 10.1 Å². The number of aromatic nitrogens is 1. The summed E-state index contributed by atoms with van der Waals surface area (Å²) in [7, 11) is -4.21. The van der Waals surface area contributed by atoms with Gasteiger partial charge in [0.15, 0.2) is 0 Å². The number of rotatable bonds is 6. The highest BCUT2D eigenvalue weighted by Crippen LogP contribution is 2.55. The molecule has 3 aromatic rings. The van der Waals surface area contributed by atoms with E-state index in [9.17, 15) is 28.7 Å². The van der Waals surface area contributed by atoms with Crippen LogP contribution < -0.4 is 5.32 Å². The molecule has 1 aromatic carbocycles. The number of carbonyl (C=O) groups is 3. The number of benzene rings is 1. The summed E-state index contributed by atoms with van der Waals surface area (Å²) < 4.78 is 12.3. The summed E-state index contributed by atoms with van der Waals surface area (Å²) >= 11 is 1.29. The van der Waals surface area contributed by atoms with E-state index in [1.54, 1.807) is 35.4 Å². The topological polar surface area (TPSA) is 140 Å². The number of pyridine rings is 1. The van der Waals surface area contributed by atoms with Gasteiger partial charge in [-0.15, -0.1) is 11.3 Å². The maximum atomic E-state index is 14.2. The molecule has 3 saturated heterocycles. The molecule has 5 heterocycles. The zero-order valence-corrected chi connectivity index (χ0v) is 25.4. The second-order valence-electron chi connectivity index (χ2n) is 12.8. The predicted octanol–water partition coefficient (Wildman–Crippen LogP) is 4.02. The van der Waals surface area contributed by atoms with E-state index in [1.807, 2.05) is 23.2 Å². The standard InChI is InChI=1S/C31H35N4O6PS/c36-28(27-13-21-12-19(18-42(39,40)41)3-6-26(21)43-27)33-24-14-31(9-10-31)8-7-23-4-5-25(35(23)29(24)37)30(38)34-16-22(17-34)20-2-1-11-32-15-20/h1-3,6,11-13,15,22-25H,4-5,7-10,14,16-18H2,(H,33,36)(H2,39,40,41)/t23-,24+,25+/m1/s1. The molecule has 10 nitrogen and oxygen atoms in total. The van der Waals surface area contributed by atoms with Gasteiger partial charge in [-0.25, -0.2) is 0 Å². The van der Waals surface area contributed by atoms with Crippen molar-refractivity contribution in [3.8, 4) is 0 Å². The molecular formula is C31H35N4O6PS. The van der Waals surface area contributed by atoms with E-state index >= 15 is 0 Å². The Hall–Kier alpha value is -3.11. The van der Waals surface area contributed by atoms with E-state index in [4.69, 9.17) is 0 Å². The molecule has 2 aromatic heterocycles. The van der Waals surface area contributed by atoms with Crippen LogP contribution in [0.4, 0.5) is 0 Å². The molecular weight excluding hydrogens is 587 g/mol. The Kier molecular flexibility index (Phi) is 7.20. The van der Waals surface area contributed by atoms with Gasteiger partial charge in [-0.3, -0.25) is 23.9 Å². The molecule has 1 spiro atoms. The molecule has 0 unspecified atom stereocenters. The average Bonchev–Trinajstić information content (AvgIpc) is 3.37. The highest BCUT2D eigenvalue weighted by atomic mass is 32.1. The van der Waals surface area contributed by atoms with Crippen LogP contribution in [0.3, 0.4) is 0 Å². The Morgan fingerprint density at radius 3 is 2.63 bits per heavy atom. The molecule has 4 fully saturated rings. The van der Waals surface area contributed by atoms with Crippen LogP contribution in [0.2, 0.25) is 0 Å². The van der Waals surface area contributed by atoms with E-state index in [1.165, 1.54) is 11.3 Å². The van der Waals surface area contributed by atoms with Crippen molar-refractivity contribution < 1.29 is 28.7 Å². The van der Waals surface area contributed by atoms with Crippen LogP contribution in [0, 0.1) is 5.41 Å². The highest BCUT2D eigenvalue weighted by molar-refractivity contribution is 7.50. The lowest BCUT2D eigenvalue weighted by Crippen LogP contribution is -2.60. The van der Waals surface area contributed by atoms with Gasteiger partial charge in [-0.05, 0) is 91.1 Å². The molecule has 1 saturated carbocycles. The van der Waals surface area contributed by atoms with Gasteiger partial charge in [0, 0.05) is 42.1 Å². The Morgan fingerprint density at radius 1 is 1.09 bits per heavy atom. The number of fused-ring (bicyclic) bond motifs is 2. The third-order valence-corrected chi connectivity index (χ3v) is 11.7. The summed E-state index contributed by atoms with van der Waals surface area (Å²) in [4.78, 5) is 68.4. The number of amides is 3. The van der Waals surface area contributed by atoms with Crippen LogP contribution in [0.5, 0.6) is 0 Å². The van der Waals surface area contributed by atoms with Crippen LogP contribution >= 0.6 is 18.9 Å². The van der Waals surface area contributed by atoms with Crippen LogP contribution in [0.1, 0.15) is 71.7 Å². The molecule has 3 aliphatic heterocycles. The second kappa shape index (κ2) is 10.8. The molecule has 3 atom stereocenters. The van der Waals surface area contributed by atoms with E-state index in [-0.39, 0.29) is 41.3 Å². The van der Waals surface area contributed by atoms with Gasteiger partial charge in [0.25, 0.3) is 5.91 Å². The Morgan fingerprint density at radius 2 is 1.91 bits per heavy atom. The Labute approximate surface area is 253 Å². The monoisotopic (exact) mass is 622 g/mol. The minimum absolute atomic E-state index is 0.00149. The largest absolute Gasteiger partial charge is 0.340 e. The number of hydrogen-bond acceptors (Lipinski definition) is 6. The summed E-state index contributed by atoms with van der Waals surface area (Å²) in [5, 5.41) is 3.77. The van der Waals surface area contributed by atoms with Gasteiger partial charge in [0.2, 0.25) is 11.8 Å². The Bertz CT molecular complexity index is 1630. The van der Waals surface area contributed by atoms with E-state index in [2.05, 4.69) is 10.3 Å². The zero-order valence-electron chi connectivity index (χ0n) is 23.7. The van der Waals surface area contributed by atoms with Crippen molar-refractivity contribution in [1.82, 2.24) is 20.1 Å². The lowest BCUT2D eigenvalue weighted by atomic mass is 9.86. The molecule has 226 valence electrons. The van der Waals surface area contributed by atoms with Gasteiger partial charge in [-0.2, -0.15) is 0 Å². The number of carbonyl (C=O) groups excluding carboxylic acids is 3. The summed E-state index contributed by atoms with van der Waals surface area (Å²) in [6.45, 7) is 1.25. The molecule has 4 aliphatic rings. The maximum Gasteiger partial charge on any atom is 0.329 e. The zero-order chi connectivity index (χ0) is 29.9. The summed E-state index contributed by atoms with van der Waals surface area (Å²) in [5.74, 6) is -0.241. The molecule has 7 rings (SSSR count). The fourth-order valence-corrected chi connectivity index (χ4v) is 8.85. The van der Waals surface area contributed by atoms with Crippen molar-refractivity contribution in [3.05, 3.63) is 64.8 Å². The van der Waals surface area contributed by atoms with E-state index < -0.39 is 19.7 Å². The van der Waals surface area contributed by atoms with Gasteiger partial charge in [0.05, 0.1) is 11.0 Å². The van der Waals surface area contributed by atoms with Crippen molar-refractivity contribution >= 4 is 46.7 Å². The minimum atomic E-state index is -4.21. The second-order valence-corrected chi connectivity index (χ2v) is 15.5. The first-order valence-electron chi connectivity index (χ1n) is 15.0. The summed E-state index contributed by atoms with van der Waals surface area (Å²) in [6.07, 6.45) is 9.23. The summed E-state index contributed by atoms with van der Waals surface area (Å²) in [5.41, 5.74) is 1.70. The van der Waals surface area contributed by atoms with Crippen molar-refractivity contribution in [1.29, 1.82) is 0 Å². The predicted molar refractivity (Wildman–Crippen MR) is 162 cm³/mol. The molecule has 12 heteroatoms.